The molecule has 0 fully saturated rings. The van der Waals surface area contributed by atoms with Gasteiger partial charge in [0.15, 0.2) is 0 Å². The Morgan fingerprint density at radius 1 is 0.619 bits per heavy atom. The first-order chi connectivity index (χ1) is 10.2. The van der Waals surface area contributed by atoms with Gasteiger partial charge in [-0.2, -0.15) is 0 Å². The van der Waals surface area contributed by atoms with Crippen LogP contribution in [0.3, 0.4) is 0 Å². The number of amides is 1. The van der Waals surface area contributed by atoms with Gasteiger partial charge in [0.25, 0.3) is 0 Å². The summed E-state index contributed by atoms with van der Waals surface area (Å²) >= 11 is 0. The molecule has 0 saturated heterocycles. The summed E-state index contributed by atoms with van der Waals surface area (Å²) in [6, 6.07) is 0. The van der Waals surface area contributed by atoms with E-state index in [1.807, 2.05) is 14.1 Å². The van der Waals surface area contributed by atoms with Crippen molar-refractivity contribution in [2.75, 3.05) is 14.1 Å². The van der Waals surface area contributed by atoms with Crippen LogP contribution in [0.4, 0.5) is 0 Å². The lowest BCUT2D eigenvalue weighted by Gasteiger charge is -2.09. The molecule has 0 aliphatic heterocycles. The van der Waals surface area contributed by atoms with Crippen LogP contribution in [0.5, 0.6) is 0 Å². The highest BCUT2D eigenvalue weighted by molar-refractivity contribution is 5.75. The molecule has 0 aliphatic rings. The van der Waals surface area contributed by atoms with Crippen LogP contribution in [0.25, 0.3) is 0 Å². The summed E-state index contributed by atoms with van der Waals surface area (Å²) in [6.07, 6.45) is 19.9. The Kier molecular flexibility index (Phi) is 15.5. The monoisotopic (exact) mass is 297 g/mol. The van der Waals surface area contributed by atoms with E-state index in [-0.39, 0.29) is 5.91 Å². The molecular formula is C19H39NO. The van der Waals surface area contributed by atoms with Crippen LogP contribution in [-0.4, -0.2) is 24.9 Å². The van der Waals surface area contributed by atoms with Crippen LogP contribution in [0.1, 0.15) is 103 Å². The van der Waals surface area contributed by atoms with E-state index in [2.05, 4.69) is 6.92 Å². The van der Waals surface area contributed by atoms with E-state index in [0.717, 1.165) is 12.8 Å². The fourth-order valence-corrected chi connectivity index (χ4v) is 2.69. The molecule has 0 N–H and O–H groups in total. The first-order valence-corrected chi connectivity index (χ1v) is 9.38. The second kappa shape index (κ2) is 15.9. The standard InChI is InChI=1S/C19H39NO/c1-4-5-6-7-8-9-10-11-12-13-14-15-16-17-18-19(21)20(2)3/h4-18H2,1-3H3. The molecule has 0 aromatic carbocycles. The van der Waals surface area contributed by atoms with Gasteiger partial charge in [-0.05, 0) is 6.42 Å². The Bertz CT molecular complexity index is 226. The summed E-state index contributed by atoms with van der Waals surface area (Å²) in [5.74, 6) is 0.272. The van der Waals surface area contributed by atoms with Gasteiger partial charge in [0.05, 0.1) is 0 Å². The van der Waals surface area contributed by atoms with Crippen molar-refractivity contribution >= 4 is 5.91 Å². The van der Waals surface area contributed by atoms with Crippen molar-refractivity contribution in [3.8, 4) is 0 Å². The fourth-order valence-electron chi connectivity index (χ4n) is 2.69. The molecular weight excluding hydrogens is 258 g/mol. The van der Waals surface area contributed by atoms with Crippen molar-refractivity contribution in [1.29, 1.82) is 0 Å². The number of carbonyl (C=O) groups is 1. The Balaban J connectivity index is 3.04. The highest BCUT2D eigenvalue weighted by atomic mass is 16.2. The Morgan fingerprint density at radius 2 is 0.952 bits per heavy atom. The first-order valence-electron chi connectivity index (χ1n) is 9.38. The van der Waals surface area contributed by atoms with Crippen LogP contribution >= 0.6 is 0 Å². The zero-order chi connectivity index (χ0) is 15.8. The summed E-state index contributed by atoms with van der Waals surface area (Å²) in [5.41, 5.74) is 0. The minimum absolute atomic E-state index is 0.272. The molecule has 2 heteroatoms. The van der Waals surface area contributed by atoms with Crippen LogP contribution in [0, 0.1) is 0 Å². The predicted octanol–water partition coefficient (Wildman–Crippen LogP) is 5.95. The van der Waals surface area contributed by atoms with Crippen molar-refractivity contribution in [3.05, 3.63) is 0 Å². The maximum absolute atomic E-state index is 11.4. The van der Waals surface area contributed by atoms with Crippen molar-refractivity contribution in [1.82, 2.24) is 4.90 Å². The molecule has 0 aliphatic carbocycles. The summed E-state index contributed by atoms with van der Waals surface area (Å²) in [7, 11) is 3.68. The maximum Gasteiger partial charge on any atom is 0.222 e. The van der Waals surface area contributed by atoms with E-state index in [1.165, 1.54) is 83.5 Å². The van der Waals surface area contributed by atoms with Gasteiger partial charge in [-0.15, -0.1) is 0 Å². The molecule has 0 radical (unpaired) electrons. The molecule has 2 nitrogen and oxygen atoms in total. The van der Waals surface area contributed by atoms with Gasteiger partial charge in [0, 0.05) is 20.5 Å². The van der Waals surface area contributed by atoms with E-state index < -0.39 is 0 Å². The lowest BCUT2D eigenvalue weighted by atomic mass is 10.0. The molecule has 0 bridgehead atoms. The fraction of sp³-hybridized carbons (Fsp3) is 0.947. The molecule has 21 heavy (non-hydrogen) atoms. The van der Waals surface area contributed by atoms with E-state index in [1.54, 1.807) is 4.90 Å². The molecule has 0 saturated carbocycles. The Hall–Kier alpha value is -0.530. The molecule has 0 atom stereocenters. The topological polar surface area (TPSA) is 20.3 Å². The molecule has 0 spiro atoms. The molecule has 0 rings (SSSR count). The van der Waals surface area contributed by atoms with Gasteiger partial charge in [-0.1, -0.05) is 90.4 Å². The number of hydrogen-bond donors (Lipinski definition) is 0. The average Bonchev–Trinajstić information content (AvgIpc) is 2.47. The second-order valence-corrected chi connectivity index (χ2v) is 6.63. The predicted molar refractivity (Wildman–Crippen MR) is 93.6 cm³/mol. The lowest BCUT2D eigenvalue weighted by Crippen LogP contribution is -2.20. The summed E-state index contributed by atoms with van der Waals surface area (Å²) < 4.78 is 0. The number of hydrogen-bond acceptors (Lipinski definition) is 1. The van der Waals surface area contributed by atoms with Crippen LogP contribution < -0.4 is 0 Å². The van der Waals surface area contributed by atoms with Gasteiger partial charge in [0.2, 0.25) is 5.91 Å². The van der Waals surface area contributed by atoms with E-state index in [4.69, 9.17) is 0 Å². The van der Waals surface area contributed by atoms with Gasteiger partial charge in [-0.25, -0.2) is 0 Å². The van der Waals surface area contributed by atoms with Gasteiger partial charge < -0.3 is 4.90 Å². The van der Waals surface area contributed by atoms with Gasteiger partial charge in [-0.3, -0.25) is 4.79 Å². The van der Waals surface area contributed by atoms with Crippen molar-refractivity contribution < 1.29 is 4.79 Å². The van der Waals surface area contributed by atoms with Crippen molar-refractivity contribution in [3.63, 3.8) is 0 Å². The molecule has 1 amide bonds. The average molecular weight is 298 g/mol. The minimum Gasteiger partial charge on any atom is -0.349 e. The highest BCUT2D eigenvalue weighted by Gasteiger charge is 2.02. The Labute approximate surface area is 133 Å². The lowest BCUT2D eigenvalue weighted by molar-refractivity contribution is -0.128. The van der Waals surface area contributed by atoms with E-state index in [9.17, 15) is 4.79 Å². The third kappa shape index (κ3) is 15.7. The number of unbranched alkanes of at least 4 members (excludes halogenated alkanes) is 13. The largest absolute Gasteiger partial charge is 0.349 e. The Morgan fingerprint density at radius 3 is 1.29 bits per heavy atom. The summed E-state index contributed by atoms with van der Waals surface area (Å²) in [5, 5.41) is 0. The van der Waals surface area contributed by atoms with Gasteiger partial charge >= 0.3 is 0 Å². The smallest absolute Gasteiger partial charge is 0.222 e. The molecule has 0 heterocycles. The molecule has 126 valence electrons. The third-order valence-electron chi connectivity index (χ3n) is 4.24. The highest BCUT2D eigenvalue weighted by Crippen LogP contribution is 2.13. The molecule has 0 aromatic heterocycles. The molecule has 0 aromatic rings. The van der Waals surface area contributed by atoms with E-state index >= 15 is 0 Å². The number of carbonyl (C=O) groups excluding carboxylic acids is 1. The summed E-state index contributed by atoms with van der Waals surface area (Å²) in [4.78, 5) is 13.1. The zero-order valence-electron chi connectivity index (χ0n) is 15.0. The maximum atomic E-state index is 11.4. The number of nitrogens with zero attached hydrogens (tertiary/aromatic N) is 1. The molecule has 0 unspecified atom stereocenters. The van der Waals surface area contributed by atoms with Gasteiger partial charge in [0.1, 0.15) is 0 Å². The van der Waals surface area contributed by atoms with E-state index in [0.29, 0.717) is 0 Å². The second-order valence-electron chi connectivity index (χ2n) is 6.63. The zero-order valence-corrected chi connectivity index (χ0v) is 15.0. The normalized spacial score (nSPS) is 10.8. The minimum atomic E-state index is 0.272. The van der Waals surface area contributed by atoms with Crippen molar-refractivity contribution in [2.45, 2.75) is 103 Å². The van der Waals surface area contributed by atoms with Crippen LogP contribution in [0.15, 0.2) is 0 Å². The van der Waals surface area contributed by atoms with Crippen molar-refractivity contribution in [2.24, 2.45) is 0 Å². The van der Waals surface area contributed by atoms with Crippen LogP contribution in [-0.2, 0) is 4.79 Å². The summed E-state index contributed by atoms with van der Waals surface area (Å²) in [6.45, 7) is 2.28. The third-order valence-corrected chi connectivity index (χ3v) is 4.24. The van der Waals surface area contributed by atoms with Crippen LogP contribution in [0.2, 0.25) is 0 Å². The number of rotatable bonds is 15. The quantitative estimate of drug-likeness (QED) is 0.342. The SMILES string of the molecule is CCCCCCCCCCCCCCCCC(=O)N(C)C. The first kappa shape index (κ1) is 20.5.